The summed E-state index contributed by atoms with van der Waals surface area (Å²) in [7, 11) is 3.22. The van der Waals surface area contributed by atoms with Crippen LogP contribution in [0.4, 0.5) is 0 Å². The Morgan fingerprint density at radius 3 is 2.16 bits per heavy atom. The molecule has 0 unspecified atom stereocenters. The molecule has 1 amide bonds. The van der Waals surface area contributed by atoms with Crippen molar-refractivity contribution in [3.05, 3.63) is 107 Å². The van der Waals surface area contributed by atoms with E-state index < -0.39 is 5.60 Å². The first-order valence-electron chi connectivity index (χ1n) is 10.6. The van der Waals surface area contributed by atoms with Gasteiger partial charge in [0.25, 0.3) is 5.91 Å². The van der Waals surface area contributed by atoms with Gasteiger partial charge in [-0.05, 0) is 34.9 Å². The standard InChI is InChI=1S/C27H25NO4/c1-30-24-15-21-22(16-25(24)31-2)27(32-18-20-11-7-4-8-12-20)14-13-23(21)28(26(27)29)17-19-9-5-3-6-10-19/h3-16,23H,17-18H2,1-2H3/t23-,27-/m0/s1. The van der Waals surface area contributed by atoms with Crippen molar-refractivity contribution in [2.24, 2.45) is 0 Å². The van der Waals surface area contributed by atoms with Crippen molar-refractivity contribution in [2.75, 3.05) is 14.2 Å². The molecule has 0 radical (unpaired) electrons. The third kappa shape index (κ3) is 3.26. The van der Waals surface area contributed by atoms with Gasteiger partial charge < -0.3 is 19.1 Å². The number of amides is 1. The smallest absolute Gasteiger partial charge is 0.264 e. The Balaban J connectivity index is 1.60. The van der Waals surface area contributed by atoms with E-state index in [0.29, 0.717) is 24.7 Å². The van der Waals surface area contributed by atoms with E-state index in [4.69, 9.17) is 14.2 Å². The molecule has 162 valence electrons. The normalized spacial score (nSPS) is 20.9. The second-order valence-corrected chi connectivity index (χ2v) is 8.03. The van der Waals surface area contributed by atoms with Crippen LogP contribution in [0.5, 0.6) is 11.5 Å². The number of carbonyl (C=O) groups excluding carboxylic acids is 1. The number of ether oxygens (including phenoxy) is 3. The van der Waals surface area contributed by atoms with Crippen LogP contribution in [0.3, 0.4) is 0 Å². The van der Waals surface area contributed by atoms with Gasteiger partial charge >= 0.3 is 0 Å². The highest BCUT2D eigenvalue weighted by atomic mass is 16.5. The van der Waals surface area contributed by atoms with Crippen LogP contribution in [0.2, 0.25) is 0 Å². The number of hydrogen-bond donors (Lipinski definition) is 0. The van der Waals surface area contributed by atoms with Gasteiger partial charge in [0.1, 0.15) is 0 Å². The lowest BCUT2D eigenvalue weighted by Gasteiger charge is -2.48. The number of hydrogen-bond acceptors (Lipinski definition) is 4. The molecule has 32 heavy (non-hydrogen) atoms. The Morgan fingerprint density at radius 1 is 0.875 bits per heavy atom. The van der Waals surface area contributed by atoms with E-state index in [2.05, 4.69) is 6.08 Å². The Kier molecular flexibility index (Phi) is 5.19. The molecular formula is C27H25NO4. The molecule has 0 saturated carbocycles. The molecule has 5 nitrogen and oxygen atoms in total. The predicted molar refractivity (Wildman–Crippen MR) is 121 cm³/mol. The zero-order chi connectivity index (χ0) is 22.1. The molecule has 2 bridgehead atoms. The molecule has 3 aliphatic rings. The molecule has 5 heteroatoms. The lowest BCUT2D eigenvalue weighted by Crippen LogP contribution is -2.55. The van der Waals surface area contributed by atoms with Gasteiger partial charge in [-0.25, -0.2) is 0 Å². The maximum Gasteiger partial charge on any atom is 0.264 e. The van der Waals surface area contributed by atoms with Crippen molar-refractivity contribution in [1.82, 2.24) is 4.90 Å². The molecule has 0 saturated heterocycles. The molecule has 0 N–H and O–H groups in total. The Bertz CT molecular complexity index is 1160. The topological polar surface area (TPSA) is 48.0 Å². The fraction of sp³-hybridized carbons (Fsp3) is 0.222. The quantitative estimate of drug-likeness (QED) is 0.510. The van der Waals surface area contributed by atoms with Crippen LogP contribution in [0, 0.1) is 0 Å². The molecule has 2 aliphatic heterocycles. The van der Waals surface area contributed by atoms with E-state index in [-0.39, 0.29) is 11.9 Å². The molecule has 0 aromatic heterocycles. The predicted octanol–water partition coefficient (Wildman–Crippen LogP) is 4.77. The molecule has 1 aliphatic carbocycles. The van der Waals surface area contributed by atoms with Crippen molar-refractivity contribution < 1.29 is 19.0 Å². The highest BCUT2D eigenvalue weighted by Gasteiger charge is 2.53. The zero-order valence-electron chi connectivity index (χ0n) is 18.2. The third-order valence-corrected chi connectivity index (χ3v) is 6.21. The number of methoxy groups -OCH3 is 2. The first-order valence-corrected chi connectivity index (χ1v) is 10.6. The van der Waals surface area contributed by atoms with Crippen LogP contribution in [-0.4, -0.2) is 25.0 Å². The summed E-state index contributed by atoms with van der Waals surface area (Å²) in [6.45, 7) is 0.813. The van der Waals surface area contributed by atoms with Crippen LogP contribution < -0.4 is 9.47 Å². The molecular weight excluding hydrogens is 402 g/mol. The van der Waals surface area contributed by atoms with E-state index in [1.807, 2.05) is 83.8 Å². The minimum absolute atomic E-state index is 0.0653. The van der Waals surface area contributed by atoms with Crippen LogP contribution in [-0.2, 0) is 28.3 Å². The average molecular weight is 428 g/mol. The van der Waals surface area contributed by atoms with E-state index in [9.17, 15) is 4.79 Å². The molecule has 6 rings (SSSR count). The van der Waals surface area contributed by atoms with Crippen LogP contribution in [0.15, 0.2) is 84.9 Å². The van der Waals surface area contributed by atoms with Gasteiger partial charge in [-0.3, -0.25) is 4.79 Å². The van der Waals surface area contributed by atoms with Gasteiger partial charge in [0.2, 0.25) is 0 Å². The maximum atomic E-state index is 13.9. The Hall–Kier alpha value is -3.57. The summed E-state index contributed by atoms with van der Waals surface area (Å²) in [5.74, 6) is 1.15. The fourth-order valence-electron chi connectivity index (χ4n) is 4.59. The first-order chi connectivity index (χ1) is 15.7. The summed E-state index contributed by atoms with van der Waals surface area (Å²) in [4.78, 5) is 15.8. The second-order valence-electron chi connectivity index (χ2n) is 8.03. The van der Waals surface area contributed by atoms with Crippen LogP contribution in [0.1, 0.15) is 28.3 Å². The van der Waals surface area contributed by atoms with Crippen molar-refractivity contribution in [2.45, 2.75) is 24.8 Å². The molecule has 3 aromatic carbocycles. The summed E-state index contributed by atoms with van der Waals surface area (Å²) in [5, 5.41) is 0. The van der Waals surface area contributed by atoms with Crippen molar-refractivity contribution in [3.63, 3.8) is 0 Å². The largest absolute Gasteiger partial charge is 0.493 e. The van der Waals surface area contributed by atoms with Gasteiger partial charge in [-0.2, -0.15) is 0 Å². The number of benzene rings is 3. The van der Waals surface area contributed by atoms with Crippen molar-refractivity contribution in [3.8, 4) is 11.5 Å². The molecule has 2 atom stereocenters. The summed E-state index contributed by atoms with van der Waals surface area (Å²) in [6, 6.07) is 23.6. The lowest BCUT2D eigenvalue weighted by atomic mass is 9.75. The third-order valence-electron chi connectivity index (χ3n) is 6.21. The second kappa shape index (κ2) is 8.17. The minimum Gasteiger partial charge on any atom is -0.493 e. The highest BCUT2D eigenvalue weighted by molar-refractivity contribution is 5.94. The monoisotopic (exact) mass is 427 g/mol. The van der Waals surface area contributed by atoms with Gasteiger partial charge in [0.15, 0.2) is 17.1 Å². The van der Waals surface area contributed by atoms with Gasteiger partial charge in [-0.15, -0.1) is 0 Å². The van der Waals surface area contributed by atoms with Crippen molar-refractivity contribution in [1.29, 1.82) is 0 Å². The minimum atomic E-state index is -1.21. The maximum absolute atomic E-state index is 13.9. The molecule has 0 spiro atoms. The summed E-state index contributed by atoms with van der Waals surface area (Å²) in [6.07, 6.45) is 3.96. The Labute approximate surface area is 187 Å². The number of nitrogens with zero attached hydrogens (tertiary/aromatic N) is 1. The van der Waals surface area contributed by atoms with E-state index >= 15 is 0 Å². The van der Waals surface area contributed by atoms with Gasteiger partial charge in [0, 0.05) is 12.1 Å². The number of carbonyl (C=O) groups is 1. The number of fused-ring (bicyclic) bond motifs is 1. The van der Waals surface area contributed by atoms with Gasteiger partial charge in [0.05, 0.1) is 26.9 Å². The van der Waals surface area contributed by atoms with Gasteiger partial charge in [-0.1, -0.05) is 66.7 Å². The lowest BCUT2D eigenvalue weighted by molar-refractivity contribution is -0.163. The van der Waals surface area contributed by atoms with E-state index in [1.54, 1.807) is 14.2 Å². The summed E-state index contributed by atoms with van der Waals surface area (Å²) in [5.41, 5.74) is 2.67. The van der Waals surface area contributed by atoms with E-state index in [0.717, 1.165) is 22.3 Å². The SMILES string of the molecule is COc1cc2c(cc1OC)[C@@]1(OCc3ccccc3)C=C[C@@H]2N(Cc2ccccc2)C1=O. The zero-order valence-corrected chi connectivity index (χ0v) is 18.2. The van der Waals surface area contributed by atoms with Crippen LogP contribution in [0.25, 0.3) is 0 Å². The first kappa shape index (κ1) is 20.3. The molecule has 2 heterocycles. The fourth-order valence-corrected chi connectivity index (χ4v) is 4.59. The summed E-state index contributed by atoms with van der Waals surface area (Å²) < 4.78 is 17.6. The number of rotatable bonds is 7. The van der Waals surface area contributed by atoms with Crippen molar-refractivity contribution >= 4 is 5.91 Å². The summed E-state index contributed by atoms with van der Waals surface area (Å²) >= 11 is 0. The molecule has 0 fully saturated rings. The van der Waals surface area contributed by atoms with E-state index in [1.165, 1.54) is 0 Å². The Morgan fingerprint density at radius 2 is 1.50 bits per heavy atom. The molecule has 3 aromatic rings. The average Bonchev–Trinajstić information content (AvgIpc) is 2.85. The van der Waals surface area contributed by atoms with Crippen LogP contribution >= 0.6 is 0 Å². The highest BCUT2D eigenvalue weighted by Crippen LogP contribution is 2.51.